The van der Waals surface area contributed by atoms with Crippen molar-refractivity contribution in [2.75, 3.05) is 12.4 Å². The summed E-state index contributed by atoms with van der Waals surface area (Å²) >= 11 is 5.63. The minimum absolute atomic E-state index is 0.0234. The molecule has 2 heterocycles. The number of carbonyl (C=O) groups is 1. The van der Waals surface area contributed by atoms with Gasteiger partial charge in [-0.1, -0.05) is 6.07 Å². The van der Waals surface area contributed by atoms with Crippen molar-refractivity contribution < 1.29 is 4.79 Å². The molecule has 2 rings (SSSR count). The monoisotopic (exact) mass is 238 g/mol. The van der Waals surface area contributed by atoms with E-state index in [1.165, 1.54) is 0 Å². The molecule has 0 saturated carbocycles. The Morgan fingerprint density at radius 1 is 1.56 bits per heavy atom. The lowest BCUT2D eigenvalue weighted by atomic mass is 9.96. The molecule has 3 nitrogen and oxygen atoms in total. The van der Waals surface area contributed by atoms with Crippen LogP contribution in [0.15, 0.2) is 24.5 Å². The molecule has 0 radical (unpaired) electrons. The molecule has 1 unspecified atom stereocenters. The molecule has 86 valence electrons. The zero-order valence-electron chi connectivity index (χ0n) is 9.10. The maximum absolute atomic E-state index is 11.7. The van der Waals surface area contributed by atoms with E-state index in [4.69, 9.17) is 11.6 Å². The van der Waals surface area contributed by atoms with Crippen LogP contribution in [0.2, 0.25) is 0 Å². The van der Waals surface area contributed by atoms with E-state index in [9.17, 15) is 4.79 Å². The summed E-state index contributed by atoms with van der Waals surface area (Å²) in [6.45, 7) is 0.811. The Morgan fingerprint density at radius 2 is 2.44 bits per heavy atom. The van der Waals surface area contributed by atoms with E-state index >= 15 is 0 Å². The predicted octanol–water partition coefficient (Wildman–Crippen LogP) is 2.37. The van der Waals surface area contributed by atoms with E-state index < -0.39 is 0 Å². The molecule has 1 atom stereocenters. The van der Waals surface area contributed by atoms with Crippen LogP contribution in [-0.2, 0) is 4.79 Å². The van der Waals surface area contributed by atoms with Crippen LogP contribution in [0.5, 0.6) is 0 Å². The summed E-state index contributed by atoms with van der Waals surface area (Å²) in [7, 11) is 0. The maximum Gasteiger partial charge on any atom is 0.238 e. The third kappa shape index (κ3) is 2.35. The first-order chi connectivity index (χ1) is 7.83. The topological polar surface area (TPSA) is 33.2 Å². The van der Waals surface area contributed by atoms with Gasteiger partial charge in [0.1, 0.15) is 5.88 Å². The highest BCUT2D eigenvalue weighted by Gasteiger charge is 2.27. The van der Waals surface area contributed by atoms with E-state index in [-0.39, 0.29) is 17.8 Å². The van der Waals surface area contributed by atoms with Crippen molar-refractivity contribution in [2.24, 2.45) is 0 Å². The van der Waals surface area contributed by atoms with E-state index in [0.717, 1.165) is 31.4 Å². The largest absolute Gasteiger partial charge is 0.335 e. The number of halogens is 1. The molecule has 1 aromatic rings. The fraction of sp³-hybridized carbons (Fsp3) is 0.500. The summed E-state index contributed by atoms with van der Waals surface area (Å²) in [4.78, 5) is 17.7. The van der Waals surface area contributed by atoms with Crippen LogP contribution in [0.25, 0.3) is 0 Å². The van der Waals surface area contributed by atoms with E-state index in [2.05, 4.69) is 4.98 Å². The number of rotatable bonds is 2. The molecule has 1 aliphatic heterocycles. The van der Waals surface area contributed by atoms with E-state index in [0.29, 0.717) is 0 Å². The van der Waals surface area contributed by atoms with Gasteiger partial charge >= 0.3 is 0 Å². The zero-order chi connectivity index (χ0) is 11.4. The molecule has 0 bridgehead atoms. The average molecular weight is 239 g/mol. The van der Waals surface area contributed by atoms with Gasteiger partial charge < -0.3 is 4.90 Å². The van der Waals surface area contributed by atoms with Crippen molar-refractivity contribution in [1.29, 1.82) is 0 Å². The van der Waals surface area contributed by atoms with Gasteiger partial charge in [-0.25, -0.2) is 0 Å². The first-order valence-corrected chi connectivity index (χ1v) is 6.11. The number of alkyl halides is 1. The third-order valence-corrected chi connectivity index (χ3v) is 3.24. The second-order valence-corrected chi connectivity index (χ2v) is 4.29. The lowest BCUT2D eigenvalue weighted by molar-refractivity contribution is -0.132. The van der Waals surface area contributed by atoms with E-state index in [1.54, 1.807) is 6.20 Å². The van der Waals surface area contributed by atoms with Gasteiger partial charge in [0, 0.05) is 18.9 Å². The molecule has 1 aromatic heterocycles. The van der Waals surface area contributed by atoms with Crippen molar-refractivity contribution >= 4 is 17.5 Å². The Hall–Kier alpha value is -1.09. The summed E-state index contributed by atoms with van der Waals surface area (Å²) in [5.74, 6) is 0.0896. The lowest BCUT2D eigenvalue weighted by Crippen LogP contribution is -2.39. The Kier molecular flexibility index (Phi) is 3.78. The fourth-order valence-electron chi connectivity index (χ4n) is 2.23. The van der Waals surface area contributed by atoms with Gasteiger partial charge in [0.05, 0.1) is 6.04 Å². The standard InChI is InChI=1S/C12H15ClN2O/c13-8-12(16)15-7-2-1-5-11(15)10-4-3-6-14-9-10/h3-4,6,9,11H,1-2,5,7-8H2. The second-order valence-electron chi connectivity index (χ2n) is 4.02. The van der Waals surface area contributed by atoms with Gasteiger partial charge in [-0.2, -0.15) is 0 Å². The minimum Gasteiger partial charge on any atom is -0.335 e. The molecule has 1 fully saturated rings. The molecular weight excluding hydrogens is 224 g/mol. The Morgan fingerprint density at radius 3 is 3.12 bits per heavy atom. The molecule has 1 saturated heterocycles. The van der Waals surface area contributed by atoms with Crippen molar-refractivity contribution in [3.8, 4) is 0 Å². The molecule has 1 aliphatic rings. The van der Waals surface area contributed by atoms with E-state index in [1.807, 2.05) is 23.2 Å². The number of likely N-dealkylation sites (tertiary alicyclic amines) is 1. The zero-order valence-corrected chi connectivity index (χ0v) is 9.86. The number of amides is 1. The number of hydrogen-bond acceptors (Lipinski definition) is 2. The molecule has 0 N–H and O–H groups in total. The summed E-state index contributed by atoms with van der Waals surface area (Å²) in [5.41, 5.74) is 1.11. The number of carbonyl (C=O) groups excluding carboxylic acids is 1. The van der Waals surface area contributed by atoms with Crippen LogP contribution in [0.1, 0.15) is 30.9 Å². The van der Waals surface area contributed by atoms with Gasteiger partial charge in [-0.05, 0) is 30.9 Å². The highest BCUT2D eigenvalue weighted by atomic mass is 35.5. The highest BCUT2D eigenvalue weighted by Crippen LogP contribution is 2.30. The maximum atomic E-state index is 11.7. The summed E-state index contributed by atoms with van der Waals surface area (Å²) in [6.07, 6.45) is 6.82. The Balaban J connectivity index is 2.20. The molecular formula is C12H15ClN2O. The van der Waals surface area contributed by atoms with Crippen LogP contribution in [0.4, 0.5) is 0 Å². The lowest BCUT2D eigenvalue weighted by Gasteiger charge is -2.35. The normalized spacial score (nSPS) is 20.8. The molecule has 0 aliphatic carbocycles. The number of pyridine rings is 1. The van der Waals surface area contributed by atoms with Crippen LogP contribution in [0, 0.1) is 0 Å². The van der Waals surface area contributed by atoms with Gasteiger partial charge in [-0.3, -0.25) is 9.78 Å². The number of piperidine rings is 1. The second kappa shape index (κ2) is 5.30. The molecule has 4 heteroatoms. The summed E-state index contributed by atoms with van der Waals surface area (Å²) < 4.78 is 0. The molecule has 0 aromatic carbocycles. The van der Waals surface area contributed by atoms with Gasteiger partial charge in [-0.15, -0.1) is 11.6 Å². The Labute approximate surface area is 100 Å². The predicted molar refractivity (Wildman–Crippen MR) is 63.3 cm³/mol. The van der Waals surface area contributed by atoms with Gasteiger partial charge in [0.25, 0.3) is 0 Å². The third-order valence-electron chi connectivity index (χ3n) is 3.01. The Bertz CT molecular complexity index is 355. The number of nitrogens with zero attached hydrogens (tertiary/aromatic N) is 2. The molecule has 0 spiro atoms. The van der Waals surface area contributed by atoms with Crippen molar-refractivity contribution in [2.45, 2.75) is 25.3 Å². The average Bonchev–Trinajstić information content (AvgIpc) is 2.39. The summed E-state index contributed by atoms with van der Waals surface area (Å²) in [6, 6.07) is 4.10. The summed E-state index contributed by atoms with van der Waals surface area (Å²) in [5, 5.41) is 0. The fourth-order valence-corrected chi connectivity index (χ4v) is 2.38. The van der Waals surface area contributed by atoms with Gasteiger partial charge in [0.15, 0.2) is 0 Å². The SMILES string of the molecule is O=C(CCl)N1CCCCC1c1cccnc1. The number of hydrogen-bond donors (Lipinski definition) is 0. The van der Waals surface area contributed by atoms with Crippen LogP contribution >= 0.6 is 11.6 Å². The van der Waals surface area contributed by atoms with Crippen molar-refractivity contribution in [1.82, 2.24) is 9.88 Å². The van der Waals surface area contributed by atoms with Gasteiger partial charge in [0.2, 0.25) is 5.91 Å². The van der Waals surface area contributed by atoms with Crippen LogP contribution in [0.3, 0.4) is 0 Å². The van der Waals surface area contributed by atoms with Crippen molar-refractivity contribution in [3.05, 3.63) is 30.1 Å². The first kappa shape index (κ1) is 11.4. The first-order valence-electron chi connectivity index (χ1n) is 5.58. The quantitative estimate of drug-likeness (QED) is 0.742. The van der Waals surface area contributed by atoms with Crippen LogP contribution in [-0.4, -0.2) is 28.2 Å². The minimum atomic E-state index is 0.0234. The molecule has 1 amide bonds. The smallest absolute Gasteiger partial charge is 0.238 e. The van der Waals surface area contributed by atoms with Crippen molar-refractivity contribution in [3.63, 3.8) is 0 Å². The number of aromatic nitrogens is 1. The van der Waals surface area contributed by atoms with Crippen LogP contribution < -0.4 is 0 Å². The highest BCUT2D eigenvalue weighted by molar-refractivity contribution is 6.27. The molecule has 16 heavy (non-hydrogen) atoms.